The third-order valence-corrected chi connectivity index (χ3v) is 7.47. The van der Waals surface area contributed by atoms with Crippen molar-refractivity contribution in [1.29, 1.82) is 0 Å². The number of rotatable bonds is 36. The molecule has 1 unspecified atom stereocenters. The maximum atomic E-state index is 12.3. The van der Waals surface area contributed by atoms with Crippen LogP contribution in [0.25, 0.3) is 0 Å². The summed E-state index contributed by atoms with van der Waals surface area (Å²) in [5.41, 5.74) is 5.58. The van der Waals surface area contributed by atoms with E-state index in [1.165, 1.54) is 45.4 Å². The van der Waals surface area contributed by atoms with Gasteiger partial charge in [-0.05, 0) is 26.2 Å². The van der Waals surface area contributed by atoms with Crippen LogP contribution >= 0.6 is 0 Å². The van der Waals surface area contributed by atoms with Gasteiger partial charge in [-0.15, -0.1) is 0 Å². The highest BCUT2D eigenvalue weighted by Crippen LogP contribution is 2.13. The Morgan fingerprint density at radius 1 is 0.600 bits per heavy atom. The molecule has 0 aromatic carbocycles. The predicted molar refractivity (Wildman–Crippen MR) is 189 cm³/mol. The number of carbonyl (C=O) groups is 5. The zero-order valence-corrected chi connectivity index (χ0v) is 30.2. The van der Waals surface area contributed by atoms with E-state index in [4.69, 9.17) is 30.5 Å². The van der Waals surface area contributed by atoms with E-state index in [1.54, 1.807) is 0 Å². The van der Waals surface area contributed by atoms with Gasteiger partial charge in [0.25, 0.3) is 0 Å². The van der Waals surface area contributed by atoms with Gasteiger partial charge < -0.3 is 51.6 Å². The first-order chi connectivity index (χ1) is 24.1. The maximum absolute atomic E-state index is 12.3. The third kappa shape index (κ3) is 33.2. The number of hydrogen-bond donors (Lipinski definition) is 6. The number of carbonyl (C=O) groups excluding carboxylic acids is 4. The molecule has 16 nitrogen and oxygen atoms in total. The van der Waals surface area contributed by atoms with E-state index < -0.39 is 12.0 Å². The summed E-state index contributed by atoms with van der Waals surface area (Å²) in [7, 11) is 0. The van der Waals surface area contributed by atoms with E-state index in [0.717, 1.165) is 38.5 Å². The number of ketones is 1. The Morgan fingerprint density at radius 2 is 1.06 bits per heavy atom. The third-order valence-electron chi connectivity index (χ3n) is 7.47. The minimum atomic E-state index is -1.17. The highest BCUT2D eigenvalue weighted by molar-refractivity contribution is 5.84. The van der Waals surface area contributed by atoms with Crippen molar-refractivity contribution in [2.24, 2.45) is 16.7 Å². The van der Waals surface area contributed by atoms with Crippen molar-refractivity contribution in [3.8, 4) is 0 Å². The summed E-state index contributed by atoms with van der Waals surface area (Å²) in [5.74, 6) is 3.46. The molecule has 0 fully saturated rings. The summed E-state index contributed by atoms with van der Waals surface area (Å²) in [6, 6.07) is -1.12. The second-order valence-corrected chi connectivity index (χ2v) is 12.1. The average molecular weight is 717 g/mol. The van der Waals surface area contributed by atoms with Gasteiger partial charge in [0.2, 0.25) is 17.7 Å². The van der Waals surface area contributed by atoms with Crippen molar-refractivity contribution in [2.75, 3.05) is 65.9 Å². The van der Waals surface area contributed by atoms with E-state index in [0.29, 0.717) is 38.6 Å². The lowest BCUT2D eigenvalue weighted by Crippen LogP contribution is -2.41. The number of amides is 3. The number of amidine groups is 1. The zero-order chi connectivity index (χ0) is 37.1. The standard InChI is InChI=1S/C34H64N6O10/c1-28(41)26-49-24-22-48-21-19-38-33(44)27-50-25-23-47-20-18-37-31(42)17-16-29(34(45)46)39-32(43)15-13-11-9-7-5-3-2-4-6-8-10-12-14-30(35)40-36/h29H,2-27,36H2,1H3,(H2,35,40)(H,37,42)(H,38,44)(H,39,43)(H,45,46). The summed E-state index contributed by atoms with van der Waals surface area (Å²) >= 11 is 0. The first kappa shape index (κ1) is 46.7. The van der Waals surface area contributed by atoms with Gasteiger partial charge in [-0.3, -0.25) is 19.2 Å². The van der Waals surface area contributed by atoms with Crippen molar-refractivity contribution in [3.63, 3.8) is 0 Å². The molecule has 0 aliphatic rings. The summed E-state index contributed by atoms with van der Waals surface area (Å²) in [4.78, 5) is 58.4. The lowest BCUT2D eigenvalue weighted by atomic mass is 10.0. The molecule has 0 aliphatic heterocycles. The molecule has 0 saturated carbocycles. The fourth-order valence-corrected chi connectivity index (χ4v) is 4.71. The van der Waals surface area contributed by atoms with Gasteiger partial charge in [-0.25, -0.2) is 4.79 Å². The topological polar surface area (TPSA) is 243 Å². The van der Waals surface area contributed by atoms with E-state index in [9.17, 15) is 29.1 Å². The molecule has 8 N–H and O–H groups in total. The van der Waals surface area contributed by atoms with Gasteiger partial charge >= 0.3 is 5.97 Å². The Bertz CT molecular complexity index is 953. The second kappa shape index (κ2) is 34.1. The quantitative estimate of drug-likeness (QED) is 0.0179. The first-order valence-electron chi connectivity index (χ1n) is 18.0. The molecule has 0 radical (unpaired) electrons. The van der Waals surface area contributed by atoms with Crippen LogP contribution in [-0.2, 0) is 42.9 Å². The van der Waals surface area contributed by atoms with Gasteiger partial charge in [0.15, 0.2) is 5.78 Å². The van der Waals surface area contributed by atoms with Crippen molar-refractivity contribution in [1.82, 2.24) is 16.0 Å². The van der Waals surface area contributed by atoms with E-state index in [2.05, 4.69) is 21.1 Å². The molecule has 0 aromatic heterocycles. The fourth-order valence-electron chi connectivity index (χ4n) is 4.71. The van der Waals surface area contributed by atoms with Crippen LogP contribution in [0.1, 0.15) is 110 Å². The maximum Gasteiger partial charge on any atom is 0.326 e. The number of Topliss-reactive ketones (excluding diaryl/α,β-unsaturated/α-hetero) is 1. The summed E-state index contributed by atoms with van der Waals surface area (Å²) in [6.07, 6.45) is 14.3. The fraction of sp³-hybridized carbons (Fsp3) is 0.824. The van der Waals surface area contributed by atoms with Crippen molar-refractivity contribution in [3.05, 3.63) is 0 Å². The number of hydrogen-bond acceptors (Lipinski definition) is 11. The van der Waals surface area contributed by atoms with Gasteiger partial charge in [0, 0.05) is 32.4 Å². The number of aliphatic carboxylic acids is 1. The number of nitrogens with two attached hydrogens (primary N) is 2. The monoisotopic (exact) mass is 716 g/mol. The molecule has 0 heterocycles. The normalized spacial score (nSPS) is 12.0. The number of carboxylic acid groups (broad SMARTS) is 1. The molecule has 0 bridgehead atoms. The van der Waals surface area contributed by atoms with Crippen LogP contribution in [0.3, 0.4) is 0 Å². The molecule has 0 aliphatic carbocycles. The Morgan fingerprint density at radius 3 is 1.56 bits per heavy atom. The lowest BCUT2D eigenvalue weighted by molar-refractivity contribution is -0.142. The summed E-state index contributed by atoms with van der Waals surface area (Å²) in [5, 5.41) is 20.8. The van der Waals surface area contributed by atoms with Crippen molar-refractivity contribution < 1.29 is 48.0 Å². The number of ether oxygens (including phenoxy) is 4. The van der Waals surface area contributed by atoms with Crippen LogP contribution in [0.2, 0.25) is 0 Å². The van der Waals surface area contributed by atoms with E-state index in [-0.39, 0.29) is 82.3 Å². The number of unbranched alkanes of at least 4 members (excludes halogenated alkanes) is 11. The van der Waals surface area contributed by atoms with Crippen LogP contribution in [-0.4, -0.2) is 112 Å². The molecular weight excluding hydrogens is 652 g/mol. The molecule has 0 aromatic rings. The Balaban J connectivity index is 3.68. The number of nitrogens with one attached hydrogen (secondary N) is 3. The highest BCUT2D eigenvalue weighted by Gasteiger charge is 2.20. The SMILES string of the molecule is CC(=O)COCCOCCNC(=O)COCCOCCNC(=O)CCC(NC(=O)CCCCCCCCCCCCCCC(N)=NN)C(=O)O. The van der Waals surface area contributed by atoms with Crippen LogP contribution in [0.4, 0.5) is 0 Å². The smallest absolute Gasteiger partial charge is 0.326 e. The predicted octanol–water partition coefficient (Wildman–Crippen LogP) is 1.92. The number of nitrogens with zero attached hydrogens (tertiary/aromatic N) is 1. The van der Waals surface area contributed by atoms with Crippen molar-refractivity contribution in [2.45, 2.75) is 116 Å². The average Bonchev–Trinajstić information content (AvgIpc) is 3.08. The molecule has 0 saturated heterocycles. The van der Waals surface area contributed by atoms with E-state index >= 15 is 0 Å². The Labute approximate surface area is 297 Å². The van der Waals surface area contributed by atoms with Crippen LogP contribution < -0.4 is 27.5 Å². The first-order valence-corrected chi connectivity index (χ1v) is 18.0. The largest absolute Gasteiger partial charge is 0.480 e. The van der Waals surface area contributed by atoms with Crippen LogP contribution in [0, 0.1) is 0 Å². The molecule has 3 amide bonds. The minimum Gasteiger partial charge on any atom is -0.480 e. The van der Waals surface area contributed by atoms with Crippen LogP contribution in [0.5, 0.6) is 0 Å². The lowest BCUT2D eigenvalue weighted by Gasteiger charge is -2.14. The molecule has 16 heteroatoms. The van der Waals surface area contributed by atoms with Crippen molar-refractivity contribution >= 4 is 35.3 Å². The van der Waals surface area contributed by atoms with Gasteiger partial charge in [-0.1, -0.05) is 64.2 Å². The highest BCUT2D eigenvalue weighted by atomic mass is 16.5. The second-order valence-electron chi connectivity index (χ2n) is 12.1. The molecule has 0 spiro atoms. The minimum absolute atomic E-state index is 0.0108. The Hall–Kier alpha value is -3.34. The number of hydrazone groups is 1. The number of carboxylic acids is 1. The Kier molecular flexibility index (Phi) is 31.8. The summed E-state index contributed by atoms with van der Waals surface area (Å²) in [6.45, 7) is 3.50. The molecule has 1 atom stereocenters. The molecule has 0 rings (SSSR count). The summed E-state index contributed by atoms with van der Waals surface area (Å²) < 4.78 is 20.9. The molecular formula is C34H64N6O10. The van der Waals surface area contributed by atoms with Gasteiger partial charge in [0.1, 0.15) is 25.1 Å². The zero-order valence-electron chi connectivity index (χ0n) is 30.2. The van der Waals surface area contributed by atoms with Crippen LogP contribution in [0.15, 0.2) is 5.10 Å². The van der Waals surface area contributed by atoms with Gasteiger partial charge in [0.05, 0.1) is 39.6 Å². The van der Waals surface area contributed by atoms with Gasteiger partial charge in [-0.2, -0.15) is 5.10 Å². The van der Waals surface area contributed by atoms with E-state index in [1.807, 2.05) is 0 Å². The molecule has 50 heavy (non-hydrogen) atoms. The molecule has 290 valence electrons.